The standard InChI is InChI=1S/C35H39FN6O5/c1-35(2,3)47-34(44)42-21-8-9-22(42)17-41(16-21)32-28-15-37-30(27-14-24(43)12-20-6-4-5-7-26(20)27)29(36)31(28)38-33(39-32)45-11-10-40-18-25-13-23(40)19-46-25/h4-7,12,14-15,21-23,25,43H,8-11,13,16-19H2,1-3H3/t21-,22-,23-,25-/m0/s1. The van der Waals surface area contributed by atoms with Gasteiger partial charge in [0.2, 0.25) is 0 Å². The SMILES string of the molecule is CC(C)(C)OC(=O)N1[C@H]2CC[C@H]1CN(c1nc(OCCN3C[C@@H]4C[C@H]3CO4)nc3c(F)c(-c4cc(O)cc5ccccc45)ncc13)C2. The second-order valence-corrected chi connectivity index (χ2v) is 14.1. The van der Waals surface area contributed by atoms with Crippen molar-refractivity contribution in [3.63, 3.8) is 0 Å². The van der Waals surface area contributed by atoms with E-state index in [2.05, 4.69) is 19.8 Å². The highest BCUT2D eigenvalue weighted by Gasteiger charge is 2.45. The monoisotopic (exact) mass is 642 g/mol. The second-order valence-electron chi connectivity index (χ2n) is 14.1. The first kappa shape index (κ1) is 30.1. The predicted molar refractivity (Wildman–Crippen MR) is 174 cm³/mol. The number of ether oxygens (including phenoxy) is 3. The van der Waals surface area contributed by atoms with Gasteiger partial charge in [0, 0.05) is 44.0 Å². The molecule has 4 atom stereocenters. The number of phenolic OH excluding ortho intramolecular Hbond substituents is 1. The molecule has 11 nitrogen and oxygen atoms in total. The maximum absolute atomic E-state index is 16.7. The molecular weight excluding hydrogens is 603 g/mol. The summed E-state index contributed by atoms with van der Waals surface area (Å²) in [6, 6.07) is 11.0. The van der Waals surface area contributed by atoms with Crippen LogP contribution >= 0.6 is 0 Å². The van der Waals surface area contributed by atoms with E-state index < -0.39 is 11.4 Å². The van der Waals surface area contributed by atoms with Crippen molar-refractivity contribution in [2.45, 2.75) is 69.9 Å². The van der Waals surface area contributed by atoms with Gasteiger partial charge in [-0.05, 0) is 62.9 Å². The number of carbonyl (C=O) groups excluding carboxylic acids is 1. The number of fused-ring (bicyclic) bond motifs is 6. The Labute approximate surface area is 272 Å². The highest BCUT2D eigenvalue weighted by atomic mass is 19.1. The van der Waals surface area contributed by atoms with Crippen LogP contribution in [0.3, 0.4) is 0 Å². The number of anilines is 1. The summed E-state index contributed by atoms with van der Waals surface area (Å²) in [6.45, 7) is 9.30. The van der Waals surface area contributed by atoms with Crippen LogP contribution in [0.2, 0.25) is 0 Å². The first-order chi connectivity index (χ1) is 22.6. The molecule has 4 aromatic rings. The molecule has 8 rings (SSSR count). The van der Waals surface area contributed by atoms with E-state index in [1.807, 2.05) is 49.9 Å². The molecule has 4 saturated heterocycles. The number of likely N-dealkylation sites (tertiary alicyclic amines) is 1. The average Bonchev–Trinajstić information content (AvgIpc) is 3.73. The number of morpholine rings is 1. The maximum atomic E-state index is 16.7. The molecule has 246 valence electrons. The van der Waals surface area contributed by atoms with Crippen LogP contribution < -0.4 is 9.64 Å². The summed E-state index contributed by atoms with van der Waals surface area (Å²) in [7, 11) is 0. The highest BCUT2D eigenvalue weighted by Crippen LogP contribution is 2.39. The number of hydrogen-bond acceptors (Lipinski definition) is 10. The van der Waals surface area contributed by atoms with Gasteiger partial charge in [0.15, 0.2) is 5.82 Å². The lowest BCUT2D eigenvalue weighted by Gasteiger charge is -2.42. The minimum atomic E-state index is -0.615. The molecule has 0 aliphatic carbocycles. The molecule has 12 heteroatoms. The van der Waals surface area contributed by atoms with Crippen LogP contribution in [0.4, 0.5) is 15.0 Å². The number of nitrogens with zero attached hydrogens (tertiary/aromatic N) is 6. The van der Waals surface area contributed by atoms with Crippen molar-refractivity contribution in [3.05, 3.63) is 48.4 Å². The van der Waals surface area contributed by atoms with Gasteiger partial charge in [0.05, 0.1) is 30.2 Å². The summed E-state index contributed by atoms with van der Waals surface area (Å²) < 4.78 is 34.3. The van der Waals surface area contributed by atoms with E-state index in [-0.39, 0.29) is 47.3 Å². The first-order valence-corrected chi connectivity index (χ1v) is 16.4. The van der Waals surface area contributed by atoms with Gasteiger partial charge in [0.1, 0.15) is 35.0 Å². The summed E-state index contributed by atoms with van der Waals surface area (Å²) >= 11 is 0. The number of pyridine rings is 1. The van der Waals surface area contributed by atoms with Gasteiger partial charge in [-0.15, -0.1) is 0 Å². The Morgan fingerprint density at radius 2 is 1.85 bits per heavy atom. The Bertz CT molecular complexity index is 1850. The van der Waals surface area contributed by atoms with Crippen molar-refractivity contribution in [1.82, 2.24) is 24.8 Å². The molecule has 47 heavy (non-hydrogen) atoms. The number of halogens is 1. The second kappa shape index (κ2) is 11.4. The maximum Gasteiger partial charge on any atom is 0.410 e. The van der Waals surface area contributed by atoms with Crippen LogP contribution in [-0.2, 0) is 9.47 Å². The van der Waals surface area contributed by atoms with Crippen molar-refractivity contribution in [1.29, 1.82) is 0 Å². The summed E-state index contributed by atoms with van der Waals surface area (Å²) in [5, 5.41) is 12.5. The zero-order valence-electron chi connectivity index (χ0n) is 26.9. The smallest absolute Gasteiger partial charge is 0.410 e. The number of aromatic nitrogens is 3. The van der Waals surface area contributed by atoms with Gasteiger partial charge in [-0.1, -0.05) is 24.3 Å². The molecule has 0 saturated carbocycles. The van der Waals surface area contributed by atoms with Gasteiger partial charge in [0.25, 0.3) is 0 Å². The van der Waals surface area contributed by atoms with Crippen LogP contribution in [0.25, 0.3) is 32.9 Å². The highest BCUT2D eigenvalue weighted by molar-refractivity contribution is 6.00. The minimum Gasteiger partial charge on any atom is -0.508 e. The molecule has 4 aliphatic heterocycles. The molecule has 0 radical (unpaired) electrons. The fourth-order valence-corrected chi connectivity index (χ4v) is 7.70. The van der Waals surface area contributed by atoms with E-state index in [0.29, 0.717) is 49.1 Å². The molecule has 2 aromatic carbocycles. The van der Waals surface area contributed by atoms with E-state index in [0.717, 1.165) is 43.2 Å². The van der Waals surface area contributed by atoms with Crippen LogP contribution in [0.1, 0.15) is 40.0 Å². The lowest BCUT2D eigenvalue weighted by atomic mass is 10.00. The van der Waals surface area contributed by atoms with E-state index in [9.17, 15) is 9.90 Å². The number of carbonyl (C=O) groups is 1. The number of phenols is 1. The van der Waals surface area contributed by atoms with Gasteiger partial charge >= 0.3 is 12.1 Å². The van der Waals surface area contributed by atoms with Crippen LogP contribution in [0.5, 0.6) is 11.8 Å². The van der Waals surface area contributed by atoms with Gasteiger partial charge in [-0.25, -0.2) is 9.18 Å². The Kier molecular flexibility index (Phi) is 7.32. The molecule has 6 heterocycles. The summed E-state index contributed by atoms with van der Waals surface area (Å²) in [5.74, 6) is -0.0686. The Hall–Kier alpha value is -4.29. The normalized spacial score (nSPS) is 24.1. The van der Waals surface area contributed by atoms with Gasteiger partial charge in [-0.3, -0.25) is 14.8 Å². The lowest BCUT2D eigenvalue weighted by molar-refractivity contribution is 0.0122. The third-order valence-electron chi connectivity index (χ3n) is 9.75. The fourth-order valence-electron chi connectivity index (χ4n) is 7.70. The van der Waals surface area contributed by atoms with E-state index in [1.165, 1.54) is 6.07 Å². The quantitative estimate of drug-likeness (QED) is 0.304. The average molecular weight is 643 g/mol. The van der Waals surface area contributed by atoms with Crippen molar-refractivity contribution in [2.24, 2.45) is 0 Å². The molecule has 0 unspecified atom stereocenters. The number of piperazine rings is 1. The van der Waals surface area contributed by atoms with Crippen molar-refractivity contribution < 1.29 is 28.5 Å². The molecule has 1 N–H and O–H groups in total. The third kappa shape index (κ3) is 5.57. The van der Waals surface area contributed by atoms with Gasteiger partial charge in [-0.2, -0.15) is 9.97 Å². The molecule has 4 fully saturated rings. The third-order valence-corrected chi connectivity index (χ3v) is 9.75. The lowest BCUT2D eigenvalue weighted by Crippen LogP contribution is -2.57. The van der Waals surface area contributed by atoms with Crippen molar-refractivity contribution in [2.75, 3.05) is 44.3 Å². The van der Waals surface area contributed by atoms with Gasteiger partial charge < -0.3 is 24.2 Å². The first-order valence-electron chi connectivity index (χ1n) is 16.4. The predicted octanol–water partition coefficient (Wildman–Crippen LogP) is 5.13. The summed E-state index contributed by atoms with van der Waals surface area (Å²) in [5.41, 5.74) is 0.0608. The van der Waals surface area contributed by atoms with E-state index >= 15 is 4.39 Å². The van der Waals surface area contributed by atoms with Crippen LogP contribution in [-0.4, -0.2) is 105 Å². The number of aromatic hydroxyl groups is 1. The largest absolute Gasteiger partial charge is 0.508 e. The zero-order valence-corrected chi connectivity index (χ0v) is 26.9. The van der Waals surface area contributed by atoms with Crippen molar-refractivity contribution >= 4 is 33.6 Å². The topological polar surface area (TPSA) is 113 Å². The molecule has 4 bridgehead atoms. The molecule has 4 aliphatic rings. The minimum absolute atomic E-state index is 0.0201. The number of hydrogen-bond donors (Lipinski definition) is 1. The molecule has 0 spiro atoms. The molecule has 2 aromatic heterocycles. The zero-order chi connectivity index (χ0) is 32.4. The summed E-state index contributed by atoms with van der Waals surface area (Å²) in [4.78, 5) is 33.5. The summed E-state index contributed by atoms with van der Waals surface area (Å²) in [6.07, 6.45) is 4.31. The number of rotatable bonds is 6. The van der Waals surface area contributed by atoms with E-state index in [1.54, 1.807) is 12.3 Å². The Balaban J connectivity index is 1.15. The van der Waals surface area contributed by atoms with Crippen molar-refractivity contribution in [3.8, 4) is 23.0 Å². The van der Waals surface area contributed by atoms with Crippen LogP contribution in [0, 0.1) is 5.82 Å². The molecule has 1 amide bonds. The number of benzene rings is 2. The molecular formula is C35H39FN6O5. The Morgan fingerprint density at radius 1 is 1.06 bits per heavy atom. The Morgan fingerprint density at radius 3 is 2.57 bits per heavy atom. The number of amides is 1. The van der Waals surface area contributed by atoms with Crippen LogP contribution in [0.15, 0.2) is 42.6 Å². The van der Waals surface area contributed by atoms with E-state index in [4.69, 9.17) is 19.2 Å². The fraction of sp³-hybridized carbons (Fsp3) is 0.486.